The number of nitrogens with two attached hydrogens (primary N) is 1. The maximum atomic E-state index is 6.18. The van der Waals surface area contributed by atoms with Gasteiger partial charge in [-0.15, -0.1) is 0 Å². The van der Waals surface area contributed by atoms with Crippen LogP contribution in [-0.2, 0) is 0 Å². The van der Waals surface area contributed by atoms with Gasteiger partial charge in [-0.1, -0.05) is 12.1 Å². The Morgan fingerprint density at radius 2 is 2.24 bits per heavy atom. The van der Waals surface area contributed by atoms with Crippen molar-refractivity contribution in [2.75, 3.05) is 6.61 Å². The number of aryl methyl sites for hydroxylation is 1. The van der Waals surface area contributed by atoms with E-state index in [0.29, 0.717) is 5.92 Å². The Bertz CT molecular complexity index is 423. The van der Waals surface area contributed by atoms with Crippen molar-refractivity contribution >= 4 is 0 Å². The van der Waals surface area contributed by atoms with Gasteiger partial charge in [0.1, 0.15) is 5.75 Å². The van der Waals surface area contributed by atoms with E-state index in [1.54, 1.807) is 0 Å². The van der Waals surface area contributed by atoms with E-state index < -0.39 is 0 Å². The number of fused-ring (bicyclic) bond motifs is 1. The Labute approximate surface area is 103 Å². The summed E-state index contributed by atoms with van der Waals surface area (Å²) in [5.41, 5.74) is 9.03. The predicted octanol–water partition coefficient (Wildman–Crippen LogP) is 3.13. The normalized spacial score (nSPS) is 24.9. The largest absolute Gasteiger partial charge is 0.493 e. The lowest BCUT2D eigenvalue weighted by Crippen LogP contribution is -2.23. The fraction of sp³-hybridized carbons (Fsp3) is 0.600. The first-order chi connectivity index (χ1) is 8.16. The van der Waals surface area contributed by atoms with Crippen LogP contribution >= 0.6 is 0 Å². The molecule has 0 amide bonds. The van der Waals surface area contributed by atoms with E-state index in [-0.39, 0.29) is 5.54 Å². The minimum atomic E-state index is 0.184. The SMILES string of the molecule is Cc1ccc2c(c1)OCCC2CCC1(N)CC1. The minimum Gasteiger partial charge on any atom is -0.493 e. The van der Waals surface area contributed by atoms with Crippen molar-refractivity contribution in [2.24, 2.45) is 5.73 Å². The molecule has 0 saturated heterocycles. The number of hydrogen-bond donors (Lipinski definition) is 1. The Kier molecular flexibility index (Phi) is 2.62. The van der Waals surface area contributed by atoms with Gasteiger partial charge in [-0.2, -0.15) is 0 Å². The fourth-order valence-electron chi connectivity index (χ4n) is 2.74. The summed E-state index contributed by atoms with van der Waals surface area (Å²) < 4.78 is 5.75. The molecule has 1 aromatic carbocycles. The monoisotopic (exact) mass is 231 g/mol. The Balaban J connectivity index is 1.74. The van der Waals surface area contributed by atoms with Gasteiger partial charge in [-0.3, -0.25) is 0 Å². The van der Waals surface area contributed by atoms with Crippen LogP contribution in [0.1, 0.15) is 49.1 Å². The molecule has 2 heteroatoms. The van der Waals surface area contributed by atoms with E-state index in [2.05, 4.69) is 25.1 Å². The smallest absolute Gasteiger partial charge is 0.123 e. The third kappa shape index (κ3) is 2.32. The summed E-state index contributed by atoms with van der Waals surface area (Å²) >= 11 is 0. The van der Waals surface area contributed by atoms with Crippen LogP contribution in [0.5, 0.6) is 5.75 Å². The lowest BCUT2D eigenvalue weighted by molar-refractivity contribution is 0.259. The Morgan fingerprint density at radius 1 is 1.41 bits per heavy atom. The third-order valence-electron chi connectivity index (χ3n) is 4.22. The molecule has 1 unspecified atom stereocenters. The molecule has 1 fully saturated rings. The molecule has 2 aliphatic rings. The molecule has 1 heterocycles. The molecule has 1 aliphatic carbocycles. The van der Waals surface area contributed by atoms with Gasteiger partial charge in [0.05, 0.1) is 6.61 Å². The van der Waals surface area contributed by atoms with Crippen molar-refractivity contribution in [3.63, 3.8) is 0 Å². The minimum absolute atomic E-state index is 0.184. The molecule has 0 bridgehead atoms. The van der Waals surface area contributed by atoms with Crippen molar-refractivity contribution in [2.45, 2.75) is 50.5 Å². The van der Waals surface area contributed by atoms with Crippen LogP contribution in [-0.4, -0.2) is 12.1 Å². The number of ether oxygens (including phenoxy) is 1. The van der Waals surface area contributed by atoms with Gasteiger partial charge in [-0.05, 0) is 62.1 Å². The molecule has 92 valence electrons. The molecule has 1 saturated carbocycles. The molecular weight excluding hydrogens is 210 g/mol. The molecular formula is C15H21NO. The summed E-state index contributed by atoms with van der Waals surface area (Å²) in [6, 6.07) is 6.59. The molecule has 1 aromatic rings. The Morgan fingerprint density at radius 3 is 3.00 bits per heavy atom. The van der Waals surface area contributed by atoms with Crippen molar-refractivity contribution in [1.29, 1.82) is 0 Å². The quantitative estimate of drug-likeness (QED) is 0.867. The van der Waals surface area contributed by atoms with Gasteiger partial charge in [-0.25, -0.2) is 0 Å². The maximum Gasteiger partial charge on any atom is 0.123 e. The van der Waals surface area contributed by atoms with Crippen LogP contribution < -0.4 is 10.5 Å². The summed E-state index contributed by atoms with van der Waals surface area (Å²) in [6.07, 6.45) is 5.97. The molecule has 2 nitrogen and oxygen atoms in total. The van der Waals surface area contributed by atoms with E-state index >= 15 is 0 Å². The molecule has 1 aliphatic heterocycles. The Hall–Kier alpha value is -1.02. The van der Waals surface area contributed by atoms with Crippen LogP contribution in [0, 0.1) is 6.92 Å². The van der Waals surface area contributed by atoms with E-state index in [1.165, 1.54) is 36.8 Å². The number of benzene rings is 1. The second-order valence-electron chi connectivity index (χ2n) is 5.78. The molecule has 0 aromatic heterocycles. The number of rotatable bonds is 3. The van der Waals surface area contributed by atoms with Crippen molar-refractivity contribution in [3.05, 3.63) is 29.3 Å². The average molecular weight is 231 g/mol. The average Bonchev–Trinajstić information content (AvgIpc) is 3.05. The number of hydrogen-bond acceptors (Lipinski definition) is 2. The molecule has 3 rings (SSSR count). The summed E-state index contributed by atoms with van der Waals surface area (Å²) in [7, 11) is 0. The lowest BCUT2D eigenvalue weighted by Gasteiger charge is -2.27. The van der Waals surface area contributed by atoms with Crippen molar-refractivity contribution in [3.8, 4) is 5.75 Å². The van der Waals surface area contributed by atoms with Gasteiger partial charge in [0.25, 0.3) is 0 Å². The maximum absolute atomic E-state index is 6.18. The lowest BCUT2D eigenvalue weighted by atomic mass is 9.87. The predicted molar refractivity (Wildman–Crippen MR) is 69.4 cm³/mol. The third-order valence-corrected chi connectivity index (χ3v) is 4.22. The van der Waals surface area contributed by atoms with Crippen LogP contribution in [0.25, 0.3) is 0 Å². The molecule has 17 heavy (non-hydrogen) atoms. The zero-order valence-corrected chi connectivity index (χ0v) is 10.5. The summed E-state index contributed by atoms with van der Waals surface area (Å²) in [5.74, 6) is 1.75. The first kappa shape index (κ1) is 11.1. The van der Waals surface area contributed by atoms with E-state index in [1.807, 2.05) is 0 Å². The molecule has 2 N–H and O–H groups in total. The fourth-order valence-corrected chi connectivity index (χ4v) is 2.74. The summed E-state index contributed by atoms with van der Waals surface area (Å²) in [5, 5.41) is 0. The van der Waals surface area contributed by atoms with Crippen LogP contribution in [0.2, 0.25) is 0 Å². The van der Waals surface area contributed by atoms with Crippen molar-refractivity contribution < 1.29 is 4.74 Å². The molecule has 0 radical (unpaired) electrons. The second kappa shape index (κ2) is 4.02. The van der Waals surface area contributed by atoms with Gasteiger partial charge in [0.15, 0.2) is 0 Å². The topological polar surface area (TPSA) is 35.2 Å². The summed E-state index contributed by atoms with van der Waals surface area (Å²) in [6.45, 7) is 2.98. The zero-order chi connectivity index (χ0) is 11.9. The van der Waals surface area contributed by atoms with Gasteiger partial charge in [0.2, 0.25) is 0 Å². The molecule has 1 atom stereocenters. The first-order valence-corrected chi connectivity index (χ1v) is 6.69. The van der Waals surface area contributed by atoms with Gasteiger partial charge >= 0.3 is 0 Å². The first-order valence-electron chi connectivity index (χ1n) is 6.69. The highest BCUT2D eigenvalue weighted by atomic mass is 16.5. The highest BCUT2D eigenvalue weighted by molar-refractivity contribution is 5.40. The van der Waals surface area contributed by atoms with Crippen LogP contribution in [0.4, 0.5) is 0 Å². The second-order valence-corrected chi connectivity index (χ2v) is 5.78. The highest BCUT2D eigenvalue weighted by Crippen LogP contribution is 2.42. The van der Waals surface area contributed by atoms with Crippen molar-refractivity contribution in [1.82, 2.24) is 0 Å². The summed E-state index contributed by atoms with van der Waals surface area (Å²) in [4.78, 5) is 0. The van der Waals surface area contributed by atoms with E-state index in [0.717, 1.165) is 18.8 Å². The zero-order valence-electron chi connectivity index (χ0n) is 10.5. The standard InChI is InChI=1S/C15H21NO/c1-11-2-3-13-12(4-6-15(16)7-8-15)5-9-17-14(13)10-11/h2-3,10,12H,4-9,16H2,1H3. The van der Waals surface area contributed by atoms with Crippen LogP contribution in [0.3, 0.4) is 0 Å². The van der Waals surface area contributed by atoms with Crippen LogP contribution in [0.15, 0.2) is 18.2 Å². The molecule has 0 spiro atoms. The van der Waals surface area contributed by atoms with Gasteiger partial charge in [0, 0.05) is 5.54 Å². The van der Waals surface area contributed by atoms with Gasteiger partial charge < -0.3 is 10.5 Å². The van der Waals surface area contributed by atoms with E-state index in [4.69, 9.17) is 10.5 Å². The van der Waals surface area contributed by atoms with E-state index in [9.17, 15) is 0 Å². The highest BCUT2D eigenvalue weighted by Gasteiger charge is 2.38.